The van der Waals surface area contributed by atoms with Crippen LogP contribution in [-0.4, -0.2) is 30.3 Å². The molecule has 0 fully saturated rings. The van der Waals surface area contributed by atoms with Crippen molar-refractivity contribution in [3.05, 3.63) is 45.6 Å². The van der Waals surface area contributed by atoms with Crippen LogP contribution in [0.25, 0.3) is 0 Å². The SMILES string of the molecule is C/C=C\CN(CCCC)CC(C)C(=O)c1ccc(I)cc1. The van der Waals surface area contributed by atoms with Crippen LogP contribution in [-0.2, 0) is 0 Å². The second-order valence-electron chi connectivity index (χ2n) is 5.45. The highest BCUT2D eigenvalue weighted by Crippen LogP contribution is 2.13. The topological polar surface area (TPSA) is 20.3 Å². The van der Waals surface area contributed by atoms with E-state index in [1.54, 1.807) is 0 Å². The highest BCUT2D eigenvalue weighted by atomic mass is 127. The minimum absolute atomic E-state index is 0.0344. The number of nitrogens with zero attached hydrogens (tertiary/aromatic N) is 1. The van der Waals surface area contributed by atoms with Crippen LogP contribution in [0.5, 0.6) is 0 Å². The van der Waals surface area contributed by atoms with Gasteiger partial charge in [0, 0.05) is 28.1 Å². The van der Waals surface area contributed by atoms with Crippen LogP contribution in [0.3, 0.4) is 0 Å². The number of unbranched alkanes of at least 4 members (excludes halogenated alkanes) is 1. The maximum Gasteiger partial charge on any atom is 0.166 e. The average molecular weight is 399 g/mol. The van der Waals surface area contributed by atoms with Gasteiger partial charge in [-0.15, -0.1) is 0 Å². The maximum atomic E-state index is 12.5. The van der Waals surface area contributed by atoms with Crippen molar-refractivity contribution in [2.24, 2.45) is 5.92 Å². The Labute approximate surface area is 142 Å². The number of Topliss-reactive ketones (excluding diaryl/α,β-unsaturated/α-hetero) is 1. The fraction of sp³-hybridized carbons (Fsp3) is 0.500. The van der Waals surface area contributed by atoms with Gasteiger partial charge in [-0.05, 0) is 54.6 Å². The van der Waals surface area contributed by atoms with Crippen molar-refractivity contribution in [3.8, 4) is 0 Å². The Morgan fingerprint density at radius 2 is 2.00 bits per heavy atom. The van der Waals surface area contributed by atoms with Gasteiger partial charge in [-0.2, -0.15) is 0 Å². The third-order valence-electron chi connectivity index (χ3n) is 3.54. The van der Waals surface area contributed by atoms with E-state index in [1.165, 1.54) is 12.8 Å². The van der Waals surface area contributed by atoms with Crippen LogP contribution in [0.15, 0.2) is 36.4 Å². The third-order valence-corrected chi connectivity index (χ3v) is 4.25. The fourth-order valence-electron chi connectivity index (χ4n) is 2.26. The Hall–Kier alpha value is -0.680. The Balaban J connectivity index is 2.64. The summed E-state index contributed by atoms with van der Waals surface area (Å²) in [5.74, 6) is 0.278. The number of rotatable bonds is 9. The van der Waals surface area contributed by atoms with Crippen LogP contribution in [0.4, 0.5) is 0 Å². The summed E-state index contributed by atoms with van der Waals surface area (Å²) in [6.45, 7) is 9.10. The van der Waals surface area contributed by atoms with E-state index in [2.05, 4.69) is 46.6 Å². The number of benzene rings is 1. The number of halogens is 1. The first-order valence-corrected chi connectivity index (χ1v) is 8.79. The lowest BCUT2D eigenvalue weighted by Gasteiger charge is -2.24. The molecule has 116 valence electrons. The van der Waals surface area contributed by atoms with E-state index >= 15 is 0 Å². The van der Waals surface area contributed by atoms with Gasteiger partial charge in [0.05, 0.1) is 0 Å². The first-order valence-electron chi connectivity index (χ1n) is 7.71. The highest BCUT2D eigenvalue weighted by Gasteiger charge is 2.18. The summed E-state index contributed by atoms with van der Waals surface area (Å²) in [6.07, 6.45) is 6.61. The van der Waals surface area contributed by atoms with Crippen molar-refractivity contribution >= 4 is 28.4 Å². The summed E-state index contributed by atoms with van der Waals surface area (Å²) < 4.78 is 1.16. The molecule has 0 heterocycles. The molecule has 0 radical (unpaired) electrons. The van der Waals surface area contributed by atoms with Gasteiger partial charge in [0.2, 0.25) is 0 Å². The van der Waals surface area contributed by atoms with Crippen LogP contribution in [0.1, 0.15) is 44.0 Å². The second kappa shape index (κ2) is 10.1. The fourth-order valence-corrected chi connectivity index (χ4v) is 2.62. The lowest BCUT2D eigenvalue weighted by atomic mass is 9.98. The Morgan fingerprint density at radius 1 is 1.33 bits per heavy atom. The molecule has 0 saturated carbocycles. The molecule has 1 atom stereocenters. The van der Waals surface area contributed by atoms with Gasteiger partial charge in [0.25, 0.3) is 0 Å². The zero-order valence-corrected chi connectivity index (χ0v) is 15.5. The minimum Gasteiger partial charge on any atom is -0.299 e. The molecular formula is C18H26INO. The monoisotopic (exact) mass is 399 g/mol. The smallest absolute Gasteiger partial charge is 0.166 e. The van der Waals surface area contributed by atoms with Crippen LogP contribution in [0, 0.1) is 9.49 Å². The number of ketones is 1. The van der Waals surface area contributed by atoms with Crippen molar-refractivity contribution in [2.75, 3.05) is 19.6 Å². The van der Waals surface area contributed by atoms with Gasteiger partial charge in [-0.25, -0.2) is 0 Å². The number of allylic oxidation sites excluding steroid dienone is 1. The summed E-state index contributed by atoms with van der Waals surface area (Å²) in [4.78, 5) is 14.9. The number of hydrogen-bond acceptors (Lipinski definition) is 2. The summed E-state index contributed by atoms with van der Waals surface area (Å²) in [7, 11) is 0. The second-order valence-corrected chi connectivity index (χ2v) is 6.70. The summed E-state index contributed by atoms with van der Waals surface area (Å²) >= 11 is 2.26. The molecule has 21 heavy (non-hydrogen) atoms. The predicted octanol–water partition coefficient (Wildman–Crippen LogP) is 4.79. The minimum atomic E-state index is 0.0344. The standard InChI is InChI=1S/C18H26INO/c1-4-6-12-20(13-7-5-2)14-15(3)18(21)16-8-10-17(19)11-9-16/h4,6,8-11,15H,5,7,12-14H2,1-3H3/b6-4-. The Kier molecular flexibility index (Phi) is 8.85. The largest absolute Gasteiger partial charge is 0.299 e. The molecular weight excluding hydrogens is 373 g/mol. The third kappa shape index (κ3) is 6.74. The summed E-state index contributed by atoms with van der Waals surface area (Å²) in [6, 6.07) is 7.86. The molecule has 0 saturated heterocycles. The lowest BCUT2D eigenvalue weighted by Crippen LogP contribution is -2.33. The molecule has 2 nitrogen and oxygen atoms in total. The van der Waals surface area contributed by atoms with E-state index in [-0.39, 0.29) is 11.7 Å². The van der Waals surface area contributed by atoms with Crippen molar-refractivity contribution in [3.63, 3.8) is 0 Å². The molecule has 0 bridgehead atoms. The van der Waals surface area contributed by atoms with Crippen LogP contribution < -0.4 is 0 Å². The first-order chi connectivity index (χ1) is 10.1. The van der Waals surface area contributed by atoms with E-state index < -0.39 is 0 Å². The van der Waals surface area contributed by atoms with Gasteiger partial charge in [0.15, 0.2) is 5.78 Å². The molecule has 1 aromatic rings. The normalized spacial score (nSPS) is 13.0. The number of carbonyl (C=O) groups is 1. The Morgan fingerprint density at radius 3 is 2.57 bits per heavy atom. The van der Waals surface area contributed by atoms with Crippen molar-refractivity contribution < 1.29 is 4.79 Å². The molecule has 1 unspecified atom stereocenters. The first kappa shape index (κ1) is 18.4. The zero-order valence-electron chi connectivity index (χ0n) is 13.3. The zero-order chi connectivity index (χ0) is 15.7. The van der Waals surface area contributed by atoms with E-state index in [0.717, 1.165) is 28.8 Å². The van der Waals surface area contributed by atoms with Crippen LogP contribution in [0.2, 0.25) is 0 Å². The van der Waals surface area contributed by atoms with Crippen molar-refractivity contribution in [1.29, 1.82) is 0 Å². The Bertz CT molecular complexity index is 453. The van der Waals surface area contributed by atoms with Gasteiger partial charge in [-0.3, -0.25) is 9.69 Å². The van der Waals surface area contributed by atoms with E-state index in [0.29, 0.717) is 0 Å². The maximum absolute atomic E-state index is 12.5. The summed E-state index contributed by atoms with van der Waals surface area (Å²) in [5, 5.41) is 0. The van der Waals surface area contributed by atoms with Gasteiger partial charge in [-0.1, -0.05) is 44.6 Å². The van der Waals surface area contributed by atoms with Gasteiger partial charge in [0.1, 0.15) is 0 Å². The van der Waals surface area contributed by atoms with E-state index in [4.69, 9.17) is 0 Å². The molecule has 1 rings (SSSR count). The van der Waals surface area contributed by atoms with Crippen LogP contribution >= 0.6 is 22.6 Å². The quantitative estimate of drug-likeness (QED) is 0.338. The molecule has 0 aliphatic heterocycles. The molecule has 0 aliphatic rings. The molecule has 0 spiro atoms. The van der Waals surface area contributed by atoms with Gasteiger partial charge >= 0.3 is 0 Å². The van der Waals surface area contributed by atoms with E-state index in [1.807, 2.05) is 38.1 Å². The van der Waals surface area contributed by atoms with Gasteiger partial charge < -0.3 is 0 Å². The van der Waals surface area contributed by atoms with Crippen molar-refractivity contribution in [1.82, 2.24) is 4.90 Å². The molecule has 0 N–H and O–H groups in total. The highest BCUT2D eigenvalue weighted by molar-refractivity contribution is 14.1. The molecule has 1 aromatic carbocycles. The lowest BCUT2D eigenvalue weighted by molar-refractivity contribution is 0.0898. The van der Waals surface area contributed by atoms with Crippen molar-refractivity contribution in [2.45, 2.75) is 33.6 Å². The summed E-state index contributed by atoms with van der Waals surface area (Å²) in [5.41, 5.74) is 0.824. The number of hydrogen-bond donors (Lipinski definition) is 0. The molecule has 0 aromatic heterocycles. The molecule has 0 amide bonds. The van der Waals surface area contributed by atoms with E-state index in [9.17, 15) is 4.79 Å². The molecule has 0 aliphatic carbocycles. The number of carbonyl (C=O) groups excluding carboxylic acids is 1. The predicted molar refractivity (Wildman–Crippen MR) is 98.8 cm³/mol. The average Bonchev–Trinajstić information content (AvgIpc) is 2.49. The molecule has 3 heteroatoms.